The molecule has 0 spiro atoms. The molecule has 0 aliphatic carbocycles. The van der Waals surface area contributed by atoms with Crippen molar-refractivity contribution in [2.75, 3.05) is 25.0 Å². The fourth-order valence-corrected chi connectivity index (χ4v) is 3.11. The molecule has 1 saturated heterocycles. The van der Waals surface area contributed by atoms with E-state index in [4.69, 9.17) is 4.74 Å². The van der Waals surface area contributed by atoms with Gasteiger partial charge in [0.2, 0.25) is 5.91 Å². The summed E-state index contributed by atoms with van der Waals surface area (Å²) in [6, 6.07) is 8.15. The molecule has 2 N–H and O–H groups in total. The lowest BCUT2D eigenvalue weighted by molar-refractivity contribution is -0.129. The Morgan fingerprint density at radius 3 is 2.92 bits per heavy atom. The van der Waals surface area contributed by atoms with Crippen LogP contribution in [0.5, 0.6) is 0 Å². The van der Waals surface area contributed by atoms with Gasteiger partial charge in [-0.3, -0.25) is 4.79 Å². The third kappa shape index (κ3) is 3.89. The van der Waals surface area contributed by atoms with E-state index in [1.54, 1.807) is 0 Å². The van der Waals surface area contributed by atoms with E-state index in [9.17, 15) is 10.1 Å². The van der Waals surface area contributed by atoms with Crippen molar-refractivity contribution in [3.05, 3.63) is 34.9 Å². The molecule has 3 rings (SSSR count). The van der Waals surface area contributed by atoms with Crippen LogP contribution in [0.2, 0.25) is 0 Å². The summed E-state index contributed by atoms with van der Waals surface area (Å²) in [7, 11) is 0. The molecular formula is C19H22N4O2. The second-order valence-electron chi connectivity index (χ2n) is 6.36. The fraction of sp³-hybridized carbons (Fsp3) is 0.421. The van der Waals surface area contributed by atoms with Gasteiger partial charge in [0.15, 0.2) is 0 Å². The van der Waals surface area contributed by atoms with E-state index in [2.05, 4.69) is 27.8 Å². The van der Waals surface area contributed by atoms with Crippen LogP contribution in [0.4, 0.5) is 5.82 Å². The Balaban J connectivity index is 1.66. The number of fused-ring (bicyclic) bond motifs is 1. The number of hydrogen-bond acceptors (Lipinski definition) is 5. The molecule has 1 fully saturated rings. The minimum absolute atomic E-state index is 0.0717. The molecule has 1 aromatic carbocycles. The number of pyridine rings is 1. The number of anilines is 1. The van der Waals surface area contributed by atoms with E-state index in [1.807, 2.05) is 26.0 Å². The zero-order valence-corrected chi connectivity index (χ0v) is 14.6. The van der Waals surface area contributed by atoms with Gasteiger partial charge < -0.3 is 15.4 Å². The Bertz CT molecular complexity index is 835. The number of rotatable bonds is 5. The smallest absolute Gasteiger partial charge is 0.249 e. The van der Waals surface area contributed by atoms with E-state index < -0.39 is 0 Å². The van der Waals surface area contributed by atoms with E-state index in [0.717, 1.165) is 34.9 Å². The number of nitrogens with zero attached hydrogens (tertiary/aromatic N) is 2. The molecular weight excluding hydrogens is 316 g/mol. The molecule has 130 valence electrons. The van der Waals surface area contributed by atoms with Gasteiger partial charge in [-0.15, -0.1) is 0 Å². The molecule has 6 nitrogen and oxygen atoms in total. The standard InChI is InChI=1S/C19H22N4O2/c1-12-8-13(2)15-10-14(11-20)18(23-16(15)9-12)21-5-6-22-19(24)17-4-3-7-25-17/h8-10,17H,3-7H2,1-2H3,(H,21,23)(H,22,24). The third-order valence-electron chi connectivity index (χ3n) is 4.34. The Kier molecular flexibility index (Phi) is 5.15. The summed E-state index contributed by atoms with van der Waals surface area (Å²) < 4.78 is 5.35. The first-order valence-corrected chi connectivity index (χ1v) is 8.54. The molecule has 0 radical (unpaired) electrons. The maximum absolute atomic E-state index is 11.9. The minimum Gasteiger partial charge on any atom is -0.368 e. The molecule has 2 aromatic rings. The van der Waals surface area contributed by atoms with E-state index in [0.29, 0.717) is 31.1 Å². The number of amides is 1. The molecule has 6 heteroatoms. The second kappa shape index (κ2) is 7.49. The predicted octanol–water partition coefficient (Wildman–Crippen LogP) is 2.43. The summed E-state index contributed by atoms with van der Waals surface area (Å²) in [5.74, 6) is 0.476. The average Bonchev–Trinajstić information content (AvgIpc) is 3.12. The Morgan fingerprint density at radius 2 is 2.20 bits per heavy atom. The maximum atomic E-state index is 11.9. The molecule has 0 bridgehead atoms. The van der Waals surface area contributed by atoms with Gasteiger partial charge >= 0.3 is 0 Å². The number of carbonyl (C=O) groups excluding carboxylic acids is 1. The Morgan fingerprint density at radius 1 is 1.36 bits per heavy atom. The van der Waals surface area contributed by atoms with E-state index in [-0.39, 0.29) is 12.0 Å². The lowest BCUT2D eigenvalue weighted by Gasteiger charge is -2.13. The van der Waals surface area contributed by atoms with Crippen LogP contribution in [-0.2, 0) is 9.53 Å². The summed E-state index contributed by atoms with van der Waals surface area (Å²) in [5.41, 5.74) is 3.61. The quantitative estimate of drug-likeness (QED) is 0.818. The van der Waals surface area contributed by atoms with Crippen LogP contribution in [0, 0.1) is 25.2 Å². The number of aryl methyl sites for hydroxylation is 2. The van der Waals surface area contributed by atoms with Crippen LogP contribution in [0.1, 0.15) is 29.5 Å². The highest BCUT2D eigenvalue weighted by atomic mass is 16.5. The third-order valence-corrected chi connectivity index (χ3v) is 4.34. The van der Waals surface area contributed by atoms with Crippen LogP contribution in [0.15, 0.2) is 18.2 Å². The summed E-state index contributed by atoms with van der Waals surface area (Å²) in [6.07, 6.45) is 1.39. The van der Waals surface area contributed by atoms with Gasteiger partial charge in [0.05, 0.1) is 11.1 Å². The van der Waals surface area contributed by atoms with Gasteiger partial charge in [-0.25, -0.2) is 4.98 Å². The van der Waals surface area contributed by atoms with Crippen molar-refractivity contribution in [2.24, 2.45) is 0 Å². The van der Waals surface area contributed by atoms with Crippen LogP contribution in [-0.4, -0.2) is 36.7 Å². The summed E-state index contributed by atoms with van der Waals surface area (Å²) in [5, 5.41) is 16.4. The lowest BCUT2D eigenvalue weighted by atomic mass is 10.0. The van der Waals surface area contributed by atoms with Crippen molar-refractivity contribution in [3.8, 4) is 6.07 Å². The first-order valence-electron chi connectivity index (χ1n) is 8.54. The van der Waals surface area contributed by atoms with Gasteiger partial charge in [-0.1, -0.05) is 6.07 Å². The van der Waals surface area contributed by atoms with E-state index >= 15 is 0 Å². The van der Waals surface area contributed by atoms with Gasteiger partial charge in [0.25, 0.3) is 0 Å². The number of nitrogens with one attached hydrogen (secondary N) is 2. The zero-order chi connectivity index (χ0) is 17.8. The van der Waals surface area contributed by atoms with Crippen molar-refractivity contribution >= 4 is 22.6 Å². The van der Waals surface area contributed by atoms with Crippen LogP contribution < -0.4 is 10.6 Å². The number of aromatic nitrogens is 1. The number of carbonyl (C=O) groups is 1. The highest BCUT2D eigenvalue weighted by Gasteiger charge is 2.22. The van der Waals surface area contributed by atoms with E-state index in [1.165, 1.54) is 0 Å². The largest absolute Gasteiger partial charge is 0.368 e. The van der Waals surface area contributed by atoms with Crippen molar-refractivity contribution < 1.29 is 9.53 Å². The van der Waals surface area contributed by atoms with Gasteiger partial charge in [-0.05, 0) is 49.9 Å². The van der Waals surface area contributed by atoms with Crippen LogP contribution in [0.3, 0.4) is 0 Å². The van der Waals surface area contributed by atoms with Crippen molar-refractivity contribution in [1.29, 1.82) is 5.26 Å². The first kappa shape index (κ1) is 17.2. The first-order chi connectivity index (χ1) is 12.1. The molecule has 1 aliphatic heterocycles. The molecule has 1 amide bonds. The second-order valence-corrected chi connectivity index (χ2v) is 6.36. The predicted molar refractivity (Wildman–Crippen MR) is 96.4 cm³/mol. The maximum Gasteiger partial charge on any atom is 0.249 e. The van der Waals surface area contributed by atoms with Crippen LogP contribution >= 0.6 is 0 Å². The molecule has 1 unspecified atom stereocenters. The molecule has 2 heterocycles. The monoisotopic (exact) mass is 338 g/mol. The number of benzene rings is 1. The van der Waals surface area contributed by atoms with Crippen molar-refractivity contribution in [3.63, 3.8) is 0 Å². The SMILES string of the molecule is Cc1cc(C)c2cc(C#N)c(NCCNC(=O)C3CCCO3)nc2c1. The fourth-order valence-electron chi connectivity index (χ4n) is 3.11. The summed E-state index contributed by atoms with van der Waals surface area (Å²) >= 11 is 0. The average molecular weight is 338 g/mol. The highest BCUT2D eigenvalue weighted by Crippen LogP contribution is 2.24. The lowest BCUT2D eigenvalue weighted by Crippen LogP contribution is -2.36. The van der Waals surface area contributed by atoms with Crippen LogP contribution in [0.25, 0.3) is 10.9 Å². The Labute approximate surface area is 147 Å². The highest BCUT2D eigenvalue weighted by molar-refractivity contribution is 5.86. The summed E-state index contributed by atoms with van der Waals surface area (Å²) in [4.78, 5) is 16.5. The molecule has 1 aliphatic rings. The van der Waals surface area contributed by atoms with Gasteiger partial charge in [0.1, 0.15) is 18.0 Å². The molecule has 1 atom stereocenters. The minimum atomic E-state index is -0.320. The number of ether oxygens (including phenoxy) is 1. The van der Waals surface area contributed by atoms with Gasteiger partial charge in [0, 0.05) is 25.1 Å². The van der Waals surface area contributed by atoms with Gasteiger partial charge in [-0.2, -0.15) is 5.26 Å². The Hall–Kier alpha value is -2.65. The summed E-state index contributed by atoms with van der Waals surface area (Å²) in [6.45, 7) is 5.65. The normalized spacial score (nSPS) is 16.6. The molecule has 25 heavy (non-hydrogen) atoms. The molecule has 0 saturated carbocycles. The number of nitriles is 1. The van der Waals surface area contributed by atoms with Crippen molar-refractivity contribution in [2.45, 2.75) is 32.8 Å². The van der Waals surface area contributed by atoms with Crippen molar-refractivity contribution in [1.82, 2.24) is 10.3 Å². The zero-order valence-electron chi connectivity index (χ0n) is 14.6. The topological polar surface area (TPSA) is 87.0 Å². The molecule has 1 aromatic heterocycles. The number of hydrogen-bond donors (Lipinski definition) is 2.